The van der Waals surface area contributed by atoms with Crippen molar-refractivity contribution in [3.63, 3.8) is 0 Å². The molecule has 46 heavy (non-hydrogen) atoms. The lowest BCUT2D eigenvalue weighted by atomic mass is 10.0. The van der Waals surface area contributed by atoms with Crippen molar-refractivity contribution in [1.82, 2.24) is 10.6 Å². The van der Waals surface area contributed by atoms with Gasteiger partial charge in [0.15, 0.2) is 12.2 Å². The van der Waals surface area contributed by atoms with Gasteiger partial charge in [0.05, 0.1) is 0 Å². The van der Waals surface area contributed by atoms with Gasteiger partial charge in [-0.15, -0.1) is 0 Å². The summed E-state index contributed by atoms with van der Waals surface area (Å²) in [4.78, 5) is 52.1. The first kappa shape index (κ1) is 33.6. The van der Waals surface area contributed by atoms with Gasteiger partial charge in [0.25, 0.3) is 11.8 Å². The number of hydrogen-bond acceptors (Lipinski definition) is 8. The Morgan fingerprint density at radius 1 is 0.478 bits per heavy atom. The molecule has 0 spiro atoms. The van der Waals surface area contributed by atoms with Crippen molar-refractivity contribution in [2.24, 2.45) is 0 Å². The zero-order valence-corrected chi connectivity index (χ0v) is 25.0. The van der Waals surface area contributed by atoms with Crippen LogP contribution >= 0.6 is 0 Å². The number of nitrogens with one attached hydrogen (secondary N) is 2. The van der Waals surface area contributed by atoms with Gasteiger partial charge in [0.1, 0.15) is 25.3 Å². The molecule has 0 bridgehead atoms. The largest absolute Gasteiger partial charge is 0.459 e. The second kappa shape index (κ2) is 17.2. The SMILES string of the molecule is O=C(OCc1ccccc1)[C@H](Cc1ccccc1)NC(=O)[C@@H](O)[C@H](O)C(=O)N[C@H](Cc1ccccc1)C(=O)OCc1ccccc1. The van der Waals surface area contributed by atoms with E-state index in [9.17, 15) is 29.4 Å². The molecule has 2 amide bonds. The molecule has 0 aliphatic heterocycles. The van der Waals surface area contributed by atoms with Crippen LogP contribution in [0.5, 0.6) is 0 Å². The third kappa shape index (κ3) is 10.4. The normalized spacial score (nSPS) is 13.3. The molecule has 0 saturated carbocycles. The molecule has 0 aliphatic rings. The molecule has 10 heteroatoms. The summed E-state index contributed by atoms with van der Waals surface area (Å²) in [6.45, 7) is -0.0881. The maximum absolute atomic E-state index is 13.0. The van der Waals surface area contributed by atoms with Crippen LogP contribution in [0.3, 0.4) is 0 Å². The van der Waals surface area contributed by atoms with Gasteiger partial charge in [-0.2, -0.15) is 0 Å². The van der Waals surface area contributed by atoms with Gasteiger partial charge in [0, 0.05) is 12.8 Å². The number of carbonyl (C=O) groups excluding carboxylic acids is 4. The fourth-order valence-electron chi connectivity index (χ4n) is 4.55. The molecule has 0 saturated heterocycles. The molecule has 0 unspecified atom stereocenters. The summed E-state index contributed by atoms with van der Waals surface area (Å²) < 4.78 is 10.8. The predicted molar refractivity (Wildman–Crippen MR) is 169 cm³/mol. The first-order valence-corrected chi connectivity index (χ1v) is 14.8. The van der Waals surface area contributed by atoms with Crippen molar-refractivity contribution in [2.45, 2.75) is 50.3 Å². The Balaban J connectivity index is 1.41. The molecule has 4 rings (SSSR count). The second-order valence-corrected chi connectivity index (χ2v) is 10.6. The summed E-state index contributed by atoms with van der Waals surface area (Å²) in [5, 5.41) is 26.1. The molecule has 4 aromatic rings. The number of amides is 2. The number of aliphatic hydroxyl groups excluding tert-OH is 2. The maximum Gasteiger partial charge on any atom is 0.329 e. The van der Waals surface area contributed by atoms with Gasteiger partial charge in [-0.1, -0.05) is 121 Å². The lowest BCUT2D eigenvalue weighted by molar-refractivity contribution is -0.154. The van der Waals surface area contributed by atoms with E-state index >= 15 is 0 Å². The Kier molecular flexibility index (Phi) is 12.6. The molecule has 0 radical (unpaired) electrons. The molecule has 4 N–H and O–H groups in total. The van der Waals surface area contributed by atoms with Crippen LogP contribution in [-0.4, -0.2) is 58.3 Å². The highest BCUT2D eigenvalue weighted by atomic mass is 16.5. The van der Waals surface area contributed by atoms with E-state index in [1.807, 2.05) is 12.1 Å². The molecule has 4 aromatic carbocycles. The molecule has 0 aliphatic carbocycles. The van der Waals surface area contributed by atoms with Gasteiger partial charge in [-0.25, -0.2) is 9.59 Å². The van der Waals surface area contributed by atoms with Crippen LogP contribution < -0.4 is 10.6 Å². The Morgan fingerprint density at radius 2 is 0.761 bits per heavy atom. The molecular formula is C36H36N2O8. The number of esters is 2. The summed E-state index contributed by atoms with van der Waals surface area (Å²) >= 11 is 0. The summed E-state index contributed by atoms with van der Waals surface area (Å²) in [7, 11) is 0. The standard InChI is InChI=1S/C36H36N2O8/c39-31(33(41)37-29(21-25-13-5-1-6-14-25)35(43)45-23-27-17-9-3-10-18-27)32(40)34(42)38-30(22-26-15-7-2-8-16-26)36(44)46-24-28-19-11-4-12-20-28/h1-20,29-32,39-40H,21-24H2,(H,37,41)(H,38,42)/t29-,30+,31-,32-/m0/s1. The van der Waals surface area contributed by atoms with Gasteiger partial charge < -0.3 is 30.3 Å². The van der Waals surface area contributed by atoms with E-state index in [1.165, 1.54) is 0 Å². The van der Waals surface area contributed by atoms with Crippen LogP contribution in [0.2, 0.25) is 0 Å². The Hall–Kier alpha value is -5.32. The van der Waals surface area contributed by atoms with E-state index in [2.05, 4.69) is 10.6 Å². The number of rotatable bonds is 15. The first-order chi connectivity index (χ1) is 22.3. The van der Waals surface area contributed by atoms with E-state index in [0.717, 1.165) is 11.1 Å². The molecule has 0 heterocycles. The van der Waals surface area contributed by atoms with Crippen LogP contribution in [0, 0.1) is 0 Å². The van der Waals surface area contributed by atoms with Crippen molar-refractivity contribution in [3.8, 4) is 0 Å². The van der Waals surface area contributed by atoms with Crippen LogP contribution in [-0.2, 0) is 54.7 Å². The summed E-state index contributed by atoms with van der Waals surface area (Å²) in [5.41, 5.74) is 2.88. The van der Waals surface area contributed by atoms with E-state index in [1.54, 1.807) is 109 Å². The average molecular weight is 625 g/mol. The quantitative estimate of drug-likeness (QED) is 0.148. The Bertz CT molecular complexity index is 1430. The van der Waals surface area contributed by atoms with Gasteiger partial charge in [0.2, 0.25) is 0 Å². The molecule has 0 aromatic heterocycles. The molecule has 10 nitrogen and oxygen atoms in total. The van der Waals surface area contributed by atoms with Crippen molar-refractivity contribution < 1.29 is 38.9 Å². The number of aliphatic hydroxyl groups is 2. The number of hydrogen-bond donors (Lipinski definition) is 4. The van der Waals surface area contributed by atoms with Crippen LogP contribution in [0.1, 0.15) is 22.3 Å². The topological polar surface area (TPSA) is 151 Å². The molecule has 238 valence electrons. The fraction of sp³-hybridized carbons (Fsp3) is 0.222. The minimum Gasteiger partial charge on any atom is -0.459 e. The minimum absolute atomic E-state index is 0.0294. The van der Waals surface area contributed by atoms with Crippen LogP contribution in [0.4, 0.5) is 0 Å². The van der Waals surface area contributed by atoms with Crippen molar-refractivity contribution in [1.29, 1.82) is 0 Å². The van der Waals surface area contributed by atoms with Gasteiger partial charge >= 0.3 is 11.9 Å². The predicted octanol–water partition coefficient (Wildman–Crippen LogP) is 2.65. The van der Waals surface area contributed by atoms with Crippen molar-refractivity contribution in [2.75, 3.05) is 0 Å². The number of carbonyl (C=O) groups is 4. The fourth-order valence-corrected chi connectivity index (χ4v) is 4.55. The van der Waals surface area contributed by atoms with Crippen molar-refractivity contribution >= 4 is 23.8 Å². The summed E-state index contributed by atoms with van der Waals surface area (Å²) in [6.07, 6.45) is -4.47. The number of ether oxygens (including phenoxy) is 2. The summed E-state index contributed by atoms with van der Waals surface area (Å²) in [5.74, 6) is -3.88. The molecule has 0 fully saturated rings. The first-order valence-electron chi connectivity index (χ1n) is 14.8. The van der Waals surface area contributed by atoms with E-state index in [4.69, 9.17) is 9.47 Å². The van der Waals surface area contributed by atoms with E-state index in [0.29, 0.717) is 11.1 Å². The monoisotopic (exact) mass is 624 g/mol. The summed E-state index contributed by atoms with van der Waals surface area (Å²) in [6, 6.07) is 33.2. The van der Waals surface area contributed by atoms with E-state index in [-0.39, 0.29) is 26.1 Å². The van der Waals surface area contributed by atoms with E-state index < -0.39 is 48.0 Å². The third-order valence-electron chi connectivity index (χ3n) is 7.05. The second-order valence-electron chi connectivity index (χ2n) is 10.6. The van der Waals surface area contributed by atoms with Crippen LogP contribution in [0.25, 0.3) is 0 Å². The Labute approximate surface area is 267 Å². The average Bonchev–Trinajstić information content (AvgIpc) is 3.10. The Morgan fingerprint density at radius 3 is 1.07 bits per heavy atom. The highest BCUT2D eigenvalue weighted by Crippen LogP contribution is 2.11. The zero-order valence-electron chi connectivity index (χ0n) is 25.0. The third-order valence-corrected chi connectivity index (χ3v) is 7.05. The highest BCUT2D eigenvalue weighted by molar-refractivity contribution is 5.94. The lowest BCUT2D eigenvalue weighted by Crippen LogP contribution is -2.56. The van der Waals surface area contributed by atoms with Gasteiger partial charge in [-0.3, -0.25) is 9.59 Å². The number of benzene rings is 4. The molecule has 4 atom stereocenters. The van der Waals surface area contributed by atoms with Crippen LogP contribution in [0.15, 0.2) is 121 Å². The van der Waals surface area contributed by atoms with Crippen molar-refractivity contribution in [3.05, 3.63) is 144 Å². The van der Waals surface area contributed by atoms with Gasteiger partial charge in [-0.05, 0) is 22.3 Å². The molecular weight excluding hydrogens is 588 g/mol. The minimum atomic E-state index is -2.27. The maximum atomic E-state index is 13.0. The highest BCUT2D eigenvalue weighted by Gasteiger charge is 2.35. The lowest BCUT2D eigenvalue weighted by Gasteiger charge is -2.23. The zero-order chi connectivity index (χ0) is 32.7. The smallest absolute Gasteiger partial charge is 0.329 e.